The Hall–Kier alpha value is -3.22. The lowest BCUT2D eigenvalue weighted by atomic mass is 10.1. The minimum absolute atomic E-state index is 0.127. The van der Waals surface area contributed by atoms with E-state index in [0.717, 1.165) is 0 Å². The molecule has 0 radical (unpaired) electrons. The van der Waals surface area contributed by atoms with E-state index in [1.807, 2.05) is 6.92 Å². The van der Waals surface area contributed by atoms with E-state index in [0.29, 0.717) is 23.6 Å². The Kier molecular flexibility index (Phi) is 6.84. The molecule has 0 saturated heterocycles. The van der Waals surface area contributed by atoms with Crippen molar-refractivity contribution in [1.29, 1.82) is 0 Å². The molecule has 0 aromatic heterocycles. The molecule has 0 aliphatic rings. The lowest BCUT2D eigenvalue weighted by Gasteiger charge is -2.08. The fourth-order valence-electron chi connectivity index (χ4n) is 2.18. The molecule has 0 atom stereocenters. The highest BCUT2D eigenvalue weighted by molar-refractivity contribution is 6.03. The van der Waals surface area contributed by atoms with Gasteiger partial charge in [0.15, 0.2) is 0 Å². The number of carboxylic acid groups (broad SMARTS) is 1. The number of hydrazone groups is 1. The monoisotopic (exact) mass is 358 g/mol. The molecule has 0 bridgehead atoms. The van der Waals surface area contributed by atoms with Crippen molar-refractivity contribution in [2.24, 2.45) is 5.10 Å². The number of halogens is 1. The number of carboxylic acids is 1. The minimum atomic E-state index is -0.964. The number of ether oxygens (including phenoxy) is 1. The summed E-state index contributed by atoms with van der Waals surface area (Å²) >= 11 is 0. The van der Waals surface area contributed by atoms with E-state index < -0.39 is 17.7 Å². The number of amides is 1. The molecule has 2 N–H and O–H groups in total. The second-order valence-corrected chi connectivity index (χ2v) is 5.36. The van der Waals surface area contributed by atoms with Crippen molar-refractivity contribution in [3.8, 4) is 5.75 Å². The first kappa shape index (κ1) is 19.1. The fraction of sp³-hybridized carbons (Fsp3) is 0.211. The highest BCUT2D eigenvalue weighted by atomic mass is 19.1. The first-order valence-electron chi connectivity index (χ1n) is 8.07. The second kappa shape index (κ2) is 9.31. The van der Waals surface area contributed by atoms with E-state index in [1.54, 1.807) is 24.3 Å². The molecule has 0 fully saturated rings. The third kappa shape index (κ3) is 5.70. The minimum Gasteiger partial charge on any atom is -0.494 e. The first-order valence-corrected chi connectivity index (χ1v) is 8.07. The van der Waals surface area contributed by atoms with Crippen molar-refractivity contribution in [2.45, 2.75) is 19.8 Å². The van der Waals surface area contributed by atoms with Gasteiger partial charge >= 0.3 is 5.97 Å². The molecule has 26 heavy (non-hydrogen) atoms. The largest absolute Gasteiger partial charge is 0.494 e. The van der Waals surface area contributed by atoms with Crippen LogP contribution >= 0.6 is 0 Å². The van der Waals surface area contributed by atoms with E-state index in [9.17, 15) is 14.0 Å². The van der Waals surface area contributed by atoms with Crippen LogP contribution in [0.4, 0.5) is 4.39 Å². The van der Waals surface area contributed by atoms with Gasteiger partial charge in [-0.25, -0.2) is 9.82 Å². The van der Waals surface area contributed by atoms with Crippen LogP contribution in [0.25, 0.3) is 0 Å². The Labute approximate surface area is 150 Å². The maximum Gasteiger partial charge on any atom is 0.303 e. The molecule has 2 aromatic rings. The summed E-state index contributed by atoms with van der Waals surface area (Å²) in [5.41, 5.74) is 3.73. The number of carbonyl (C=O) groups is 2. The highest BCUT2D eigenvalue weighted by Gasteiger charge is 2.10. The predicted molar refractivity (Wildman–Crippen MR) is 94.9 cm³/mol. The average molecular weight is 358 g/mol. The van der Waals surface area contributed by atoms with E-state index in [-0.39, 0.29) is 18.4 Å². The Balaban J connectivity index is 2.16. The van der Waals surface area contributed by atoms with Gasteiger partial charge in [0.2, 0.25) is 0 Å². The molecular formula is C19H19FN2O4. The molecule has 0 saturated carbocycles. The zero-order chi connectivity index (χ0) is 18.9. The van der Waals surface area contributed by atoms with E-state index in [1.165, 1.54) is 24.3 Å². The molecule has 0 aliphatic carbocycles. The molecule has 6 nitrogen and oxygen atoms in total. The number of rotatable bonds is 8. The summed E-state index contributed by atoms with van der Waals surface area (Å²) in [5, 5.41) is 13.0. The smallest absolute Gasteiger partial charge is 0.303 e. The predicted octanol–water partition coefficient (Wildman–Crippen LogP) is 3.22. The summed E-state index contributed by atoms with van der Waals surface area (Å²) < 4.78 is 18.3. The highest BCUT2D eigenvalue weighted by Crippen LogP contribution is 2.15. The van der Waals surface area contributed by atoms with Crippen LogP contribution in [0.3, 0.4) is 0 Å². The third-order valence-electron chi connectivity index (χ3n) is 3.47. The summed E-state index contributed by atoms with van der Waals surface area (Å²) in [6.45, 7) is 2.41. The van der Waals surface area contributed by atoms with Crippen LogP contribution in [0.5, 0.6) is 5.75 Å². The van der Waals surface area contributed by atoms with Gasteiger partial charge in [0.25, 0.3) is 5.91 Å². The van der Waals surface area contributed by atoms with Crippen LogP contribution in [0.1, 0.15) is 35.7 Å². The molecule has 7 heteroatoms. The molecule has 0 unspecified atom stereocenters. The Morgan fingerprint density at radius 3 is 2.23 bits per heavy atom. The molecule has 2 rings (SSSR count). The molecule has 1 amide bonds. The van der Waals surface area contributed by atoms with Crippen molar-refractivity contribution < 1.29 is 23.8 Å². The average Bonchev–Trinajstić information content (AvgIpc) is 2.63. The number of hydrogen-bond donors (Lipinski definition) is 2. The van der Waals surface area contributed by atoms with Crippen LogP contribution in [0, 0.1) is 5.82 Å². The van der Waals surface area contributed by atoms with E-state index in [2.05, 4.69) is 10.5 Å². The maximum atomic E-state index is 12.9. The van der Waals surface area contributed by atoms with Gasteiger partial charge in [-0.2, -0.15) is 5.10 Å². The number of nitrogens with one attached hydrogen (secondary N) is 1. The lowest BCUT2D eigenvalue weighted by molar-refractivity contribution is -0.136. The molecule has 0 aliphatic heterocycles. The molecule has 2 aromatic carbocycles. The maximum absolute atomic E-state index is 12.9. The quantitative estimate of drug-likeness (QED) is 0.560. The normalized spacial score (nSPS) is 11.1. The zero-order valence-corrected chi connectivity index (χ0v) is 14.2. The van der Waals surface area contributed by atoms with Gasteiger partial charge in [-0.15, -0.1) is 0 Å². The zero-order valence-electron chi connectivity index (χ0n) is 14.2. The first-order chi connectivity index (χ1) is 12.5. The van der Waals surface area contributed by atoms with Gasteiger partial charge in [-0.3, -0.25) is 9.59 Å². The van der Waals surface area contributed by atoms with Crippen LogP contribution in [-0.4, -0.2) is 29.3 Å². The number of nitrogens with zero attached hydrogens (tertiary/aromatic N) is 1. The van der Waals surface area contributed by atoms with Gasteiger partial charge < -0.3 is 9.84 Å². The molecule has 136 valence electrons. The van der Waals surface area contributed by atoms with Crippen molar-refractivity contribution in [3.63, 3.8) is 0 Å². The third-order valence-corrected chi connectivity index (χ3v) is 3.47. The van der Waals surface area contributed by atoms with Gasteiger partial charge in [-0.1, -0.05) is 0 Å². The van der Waals surface area contributed by atoms with E-state index in [4.69, 9.17) is 9.84 Å². The lowest BCUT2D eigenvalue weighted by Crippen LogP contribution is -2.20. The molecule has 0 spiro atoms. The van der Waals surface area contributed by atoms with Crippen molar-refractivity contribution in [1.82, 2.24) is 5.43 Å². The standard InChI is InChI=1S/C19H19FN2O4/c1-2-26-16-9-5-13(6-10-16)17(11-12-18(23)24)21-22-19(25)14-3-7-15(20)8-4-14/h3-10H,2,11-12H2,1H3,(H,22,25)(H,23,24). The summed E-state index contributed by atoms with van der Waals surface area (Å²) in [5.74, 6) is -1.23. The fourth-order valence-corrected chi connectivity index (χ4v) is 2.18. The van der Waals surface area contributed by atoms with Crippen LogP contribution in [0.2, 0.25) is 0 Å². The Morgan fingerprint density at radius 2 is 1.65 bits per heavy atom. The number of hydrogen-bond acceptors (Lipinski definition) is 4. The van der Waals surface area contributed by atoms with Crippen molar-refractivity contribution in [2.75, 3.05) is 6.61 Å². The van der Waals surface area contributed by atoms with Crippen molar-refractivity contribution in [3.05, 3.63) is 65.5 Å². The summed E-state index contributed by atoms with van der Waals surface area (Å²) in [6, 6.07) is 12.0. The summed E-state index contributed by atoms with van der Waals surface area (Å²) in [4.78, 5) is 23.0. The number of aliphatic carboxylic acids is 1. The molecular weight excluding hydrogens is 339 g/mol. The SMILES string of the molecule is CCOc1ccc(C(CCC(=O)O)=NNC(=O)c2ccc(F)cc2)cc1. The number of carbonyl (C=O) groups excluding carboxylic acids is 1. The summed E-state index contributed by atoms with van der Waals surface area (Å²) in [6.07, 6.45) is 0.0193. The van der Waals surface area contributed by atoms with Crippen LogP contribution in [0.15, 0.2) is 53.6 Å². The van der Waals surface area contributed by atoms with E-state index >= 15 is 0 Å². The topological polar surface area (TPSA) is 88.0 Å². The van der Waals surface area contributed by atoms with Crippen molar-refractivity contribution >= 4 is 17.6 Å². The van der Waals surface area contributed by atoms with Gasteiger partial charge in [-0.05, 0) is 61.0 Å². The number of benzene rings is 2. The van der Waals surface area contributed by atoms with Gasteiger partial charge in [0, 0.05) is 12.0 Å². The summed E-state index contributed by atoms with van der Waals surface area (Å²) in [7, 11) is 0. The molecule has 0 heterocycles. The van der Waals surface area contributed by atoms with Crippen LogP contribution < -0.4 is 10.2 Å². The van der Waals surface area contributed by atoms with Gasteiger partial charge in [0.05, 0.1) is 18.7 Å². The Morgan fingerprint density at radius 1 is 1.04 bits per heavy atom. The van der Waals surface area contributed by atoms with Crippen LogP contribution in [-0.2, 0) is 4.79 Å². The van der Waals surface area contributed by atoms with Gasteiger partial charge in [0.1, 0.15) is 11.6 Å². The Bertz CT molecular complexity index is 786. The second-order valence-electron chi connectivity index (χ2n) is 5.36.